The van der Waals surface area contributed by atoms with E-state index in [2.05, 4.69) is 38.2 Å². The molecule has 10 nitrogen and oxygen atoms in total. The zero-order valence-electron chi connectivity index (χ0n) is 19.7. The van der Waals surface area contributed by atoms with Gasteiger partial charge in [0, 0.05) is 63.8 Å². The molecule has 3 aliphatic heterocycles. The van der Waals surface area contributed by atoms with Gasteiger partial charge in [0.25, 0.3) is 5.91 Å². The van der Waals surface area contributed by atoms with E-state index in [-0.39, 0.29) is 11.6 Å². The molecule has 10 heteroatoms. The van der Waals surface area contributed by atoms with Crippen molar-refractivity contribution in [2.45, 2.75) is 6.42 Å². The average Bonchev–Trinajstić information content (AvgIpc) is 3.25. The highest BCUT2D eigenvalue weighted by molar-refractivity contribution is 6.03. The van der Waals surface area contributed by atoms with Crippen molar-refractivity contribution in [3.8, 4) is 5.88 Å². The van der Waals surface area contributed by atoms with E-state index in [4.69, 9.17) is 14.2 Å². The number of amides is 1. The van der Waals surface area contributed by atoms with Crippen LogP contribution in [-0.4, -0.2) is 100 Å². The number of carbonyl (C=O) groups is 1. The second-order valence-corrected chi connectivity index (χ2v) is 8.76. The Bertz CT molecular complexity index is 1010. The van der Waals surface area contributed by atoms with Crippen molar-refractivity contribution in [1.82, 2.24) is 14.9 Å². The van der Waals surface area contributed by atoms with Crippen LogP contribution >= 0.6 is 0 Å². The Balaban J connectivity index is 1.31. The van der Waals surface area contributed by atoms with Gasteiger partial charge in [0.2, 0.25) is 11.8 Å². The lowest BCUT2D eigenvalue weighted by molar-refractivity contribution is 0.0320. The molecule has 0 spiro atoms. The van der Waals surface area contributed by atoms with Crippen molar-refractivity contribution in [2.75, 3.05) is 94.5 Å². The van der Waals surface area contributed by atoms with Crippen molar-refractivity contribution in [3.63, 3.8) is 0 Å². The first-order valence-corrected chi connectivity index (χ1v) is 12.0. The summed E-state index contributed by atoms with van der Waals surface area (Å²) in [6.45, 7) is 8.12. The molecule has 1 N–H and O–H groups in total. The highest BCUT2D eigenvalue weighted by Crippen LogP contribution is 2.30. The van der Waals surface area contributed by atoms with Crippen molar-refractivity contribution >= 4 is 23.2 Å². The Morgan fingerprint density at radius 3 is 2.59 bits per heavy atom. The molecule has 5 rings (SSSR count). The van der Waals surface area contributed by atoms with Gasteiger partial charge in [0.15, 0.2) is 0 Å². The smallest absolute Gasteiger partial charge is 0.274 e. The lowest BCUT2D eigenvalue weighted by atomic mass is 10.1. The fourth-order valence-corrected chi connectivity index (χ4v) is 4.42. The van der Waals surface area contributed by atoms with E-state index < -0.39 is 0 Å². The molecule has 3 aliphatic rings. The minimum atomic E-state index is -0.282. The number of nitrogens with zero attached hydrogens (tertiary/aromatic N) is 5. The van der Waals surface area contributed by atoms with E-state index in [1.54, 1.807) is 6.07 Å². The van der Waals surface area contributed by atoms with Gasteiger partial charge < -0.3 is 29.3 Å². The SMILES string of the molecule is CN1CCc2ccc(NC(=O)c3cc(OCCN4CCOCC4)nc(N4CCOCC4)n3)cc21. The average molecular weight is 469 g/mol. The molecule has 0 radical (unpaired) electrons. The number of carbonyl (C=O) groups excluding carboxylic acids is 1. The summed E-state index contributed by atoms with van der Waals surface area (Å²) in [5.41, 5.74) is 3.49. The number of benzene rings is 1. The number of rotatable bonds is 7. The van der Waals surface area contributed by atoms with Crippen LogP contribution in [0.2, 0.25) is 0 Å². The molecule has 2 saturated heterocycles. The van der Waals surface area contributed by atoms with Crippen LogP contribution < -0.4 is 19.9 Å². The van der Waals surface area contributed by atoms with Crippen LogP contribution in [0.3, 0.4) is 0 Å². The molecule has 1 amide bonds. The highest BCUT2D eigenvalue weighted by atomic mass is 16.5. The van der Waals surface area contributed by atoms with Gasteiger partial charge in [-0.2, -0.15) is 4.98 Å². The lowest BCUT2D eigenvalue weighted by Crippen LogP contribution is -2.39. The summed E-state index contributed by atoms with van der Waals surface area (Å²) < 4.78 is 16.8. The molecule has 0 saturated carbocycles. The maximum absolute atomic E-state index is 13.2. The Labute approximate surface area is 199 Å². The van der Waals surface area contributed by atoms with Gasteiger partial charge >= 0.3 is 0 Å². The monoisotopic (exact) mass is 468 g/mol. The van der Waals surface area contributed by atoms with Crippen molar-refractivity contribution < 1.29 is 19.0 Å². The van der Waals surface area contributed by atoms with E-state index in [1.165, 1.54) is 5.56 Å². The number of nitrogens with one attached hydrogen (secondary N) is 1. The molecule has 0 unspecified atom stereocenters. The number of hydrogen-bond acceptors (Lipinski definition) is 9. The largest absolute Gasteiger partial charge is 0.476 e. The molecular weight excluding hydrogens is 436 g/mol. The maximum atomic E-state index is 13.2. The van der Waals surface area contributed by atoms with Crippen molar-refractivity contribution in [2.24, 2.45) is 0 Å². The van der Waals surface area contributed by atoms with Crippen molar-refractivity contribution in [1.29, 1.82) is 0 Å². The van der Waals surface area contributed by atoms with Crippen molar-refractivity contribution in [3.05, 3.63) is 35.5 Å². The number of fused-ring (bicyclic) bond motifs is 1. The fraction of sp³-hybridized carbons (Fsp3) is 0.542. The van der Waals surface area contributed by atoms with E-state index in [9.17, 15) is 4.79 Å². The molecule has 182 valence electrons. The Kier molecular flexibility index (Phi) is 7.08. The Hall–Kier alpha value is -2.95. The summed E-state index contributed by atoms with van der Waals surface area (Å²) in [5, 5.41) is 3.00. The van der Waals surface area contributed by atoms with Crippen LogP contribution in [0.5, 0.6) is 5.88 Å². The number of anilines is 3. The summed E-state index contributed by atoms with van der Waals surface area (Å²) in [6.07, 6.45) is 1.03. The normalized spacial score (nSPS) is 18.6. The molecule has 0 bridgehead atoms. The third-order valence-corrected chi connectivity index (χ3v) is 6.45. The molecule has 2 fully saturated rings. The number of aromatic nitrogens is 2. The van der Waals surface area contributed by atoms with Gasteiger partial charge in [-0.3, -0.25) is 9.69 Å². The standard InChI is InChI=1S/C24H32N6O4/c1-28-5-4-18-2-3-19(16-21(18)28)25-23(31)20-17-22(34-15-8-29-6-11-32-12-7-29)27-24(26-20)30-9-13-33-14-10-30/h2-3,16-17H,4-15H2,1H3,(H,25,31). The predicted molar refractivity (Wildman–Crippen MR) is 129 cm³/mol. The van der Waals surface area contributed by atoms with E-state index >= 15 is 0 Å². The van der Waals surface area contributed by atoms with Crippen LogP contribution in [0.4, 0.5) is 17.3 Å². The predicted octanol–water partition coefficient (Wildman–Crippen LogP) is 1.27. The quantitative estimate of drug-likeness (QED) is 0.645. The van der Waals surface area contributed by atoms with E-state index in [1.807, 2.05) is 17.0 Å². The minimum Gasteiger partial charge on any atom is -0.476 e. The van der Waals surface area contributed by atoms with Crippen LogP contribution in [0.1, 0.15) is 16.1 Å². The third-order valence-electron chi connectivity index (χ3n) is 6.45. The third kappa shape index (κ3) is 5.40. The zero-order chi connectivity index (χ0) is 23.3. The van der Waals surface area contributed by atoms with Crippen LogP contribution in [0.25, 0.3) is 0 Å². The molecule has 0 atom stereocenters. The second-order valence-electron chi connectivity index (χ2n) is 8.76. The Morgan fingerprint density at radius 2 is 1.79 bits per heavy atom. The first kappa shape index (κ1) is 22.8. The van der Waals surface area contributed by atoms with Gasteiger partial charge in [-0.25, -0.2) is 4.98 Å². The molecule has 1 aromatic heterocycles. The molecule has 4 heterocycles. The molecule has 1 aromatic carbocycles. The van der Waals surface area contributed by atoms with Gasteiger partial charge in [0.05, 0.1) is 26.4 Å². The van der Waals surface area contributed by atoms with Gasteiger partial charge in [0.1, 0.15) is 12.3 Å². The maximum Gasteiger partial charge on any atom is 0.274 e. The number of morpholine rings is 2. The van der Waals surface area contributed by atoms with Crippen LogP contribution in [-0.2, 0) is 15.9 Å². The first-order chi connectivity index (χ1) is 16.7. The number of ether oxygens (including phenoxy) is 3. The first-order valence-electron chi connectivity index (χ1n) is 12.0. The highest BCUT2D eigenvalue weighted by Gasteiger charge is 2.21. The number of hydrogen-bond donors (Lipinski definition) is 1. The van der Waals surface area contributed by atoms with E-state index in [0.29, 0.717) is 44.7 Å². The summed E-state index contributed by atoms with van der Waals surface area (Å²) >= 11 is 0. The summed E-state index contributed by atoms with van der Waals surface area (Å²) in [7, 11) is 2.07. The fourth-order valence-electron chi connectivity index (χ4n) is 4.42. The second kappa shape index (κ2) is 10.5. The van der Waals surface area contributed by atoms with Crippen LogP contribution in [0.15, 0.2) is 24.3 Å². The van der Waals surface area contributed by atoms with Gasteiger partial charge in [-0.1, -0.05) is 6.07 Å². The molecular formula is C24H32N6O4. The zero-order valence-corrected chi connectivity index (χ0v) is 19.7. The Morgan fingerprint density at radius 1 is 1.03 bits per heavy atom. The molecule has 34 heavy (non-hydrogen) atoms. The molecule has 0 aliphatic carbocycles. The lowest BCUT2D eigenvalue weighted by Gasteiger charge is -2.27. The van der Waals surface area contributed by atoms with Crippen LogP contribution in [0, 0.1) is 0 Å². The summed E-state index contributed by atoms with van der Waals surface area (Å²) in [6, 6.07) is 7.66. The van der Waals surface area contributed by atoms with Gasteiger partial charge in [-0.15, -0.1) is 0 Å². The van der Waals surface area contributed by atoms with Gasteiger partial charge in [-0.05, 0) is 24.1 Å². The topological polar surface area (TPSA) is 92.3 Å². The summed E-state index contributed by atoms with van der Waals surface area (Å²) in [5.74, 6) is 0.616. The van der Waals surface area contributed by atoms with E-state index in [0.717, 1.165) is 57.2 Å². The number of likely N-dealkylation sites (N-methyl/N-ethyl adjacent to an activating group) is 1. The minimum absolute atomic E-state index is 0.282. The summed E-state index contributed by atoms with van der Waals surface area (Å²) in [4.78, 5) is 28.9. The molecule has 2 aromatic rings.